The van der Waals surface area contributed by atoms with E-state index >= 15 is 0 Å². The number of nitrogens with zero attached hydrogens (tertiary/aromatic N) is 2. The van der Waals surface area contributed by atoms with Gasteiger partial charge in [0.2, 0.25) is 11.8 Å². The molecule has 2 amide bonds. The minimum Gasteiger partial charge on any atom is -0.355 e. The molecule has 1 N–H and O–H groups in total. The molecular formula is C15H27N3O2. The van der Waals surface area contributed by atoms with Gasteiger partial charge in [0.25, 0.3) is 0 Å². The summed E-state index contributed by atoms with van der Waals surface area (Å²) in [7, 11) is 0. The highest BCUT2D eigenvalue weighted by atomic mass is 16.2. The van der Waals surface area contributed by atoms with Gasteiger partial charge in [-0.15, -0.1) is 0 Å². The highest BCUT2D eigenvalue weighted by Crippen LogP contribution is 2.31. The number of nitrogens with one attached hydrogen (secondary N) is 1. The number of carbonyl (C=O) groups excluding carboxylic acids is 2. The Bertz CT molecular complexity index is 345. The minimum absolute atomic E-state index is 0.104. The van der Waals surface area contributed by atoms with Crippen LogP contribution in [-0.4, -0.2) is 60.9 Å². The largest absolute Gasteiger partial charge is 0.355 e. The second kappa shape index (κ2) is 7.07. The molecule has 0 atom stereocenters. The van der Waals surface area contributed by atoms with Crippen LogP contribution in [0.4, 0.5) is 0 Å². The fraction of sp³-hybridized carbons (Fsp3) is 0.867. The minimum atomic E-state index is 0.104. The standard InChI is InChI=1S/C15H27N3O2/c1-12(2)5-6-16-14(19)11-17-7-9-18(10-8-17)15(20)13-3-4-13/h12-13H,3-11H2,1-2H3,(H,16,19). The predicted octanol–water partition coefficient (Wildman–Crippen LogP) is 0.703. The second-order valence-electron chi connectivity index (χ2n) is 6.41. The van der Waals surface area contributed by atoms with Gasteiger partial charge in [0.1, 0.15) is 0 Å². The zero-order chi connectivity index (χ0) is 14.5. The Morgan fingerprint density at radius 3 is 2.35 bits per heavy atom. The summed E-state index contributed by atoms with van der Waals surface area (Å²) in [6, 6.07) is 0. The van der Waals surface area contributed by atoms with Crippen molar-refractivity contribution in [3.8, 4) is 0 Å². The maximum Gasteiger partial charge on any atom is 0.234 e. The Kier molecular flexibility index (Phi) is 5.40. The number of carbonyl (C=O) groups is 2. The molecule has 5 heteroatoms. The Morgan fingerprint density at radius 1 is 1.15 bits per heavy atom. The molecule has 0 spiro atoms. The third kappa shape index (κ3) is 4.78. The molecule has 0 aromatic carbocycles. The summed E-state index contributed by atoms with van der Waals surface area (Å²) in [5.74, 6) is 1.35. The van der Waals surface area contributed by atoms with E-state index in [9.17, 15) is 9.59 Å². The fourth-order valence-electron chi connectivity index (χ4n) is 2.47. The summed E-state index contributed by atoms with van der Waals surface area (Å²) >= 11 is 0. The summed E-state index contributed by atoms with van der Waals surface area (Å²) in [5.41, 5.74) is 0. The lowest BCUT2D eigenvalue weighted by Gasteiger charge is -2.34. The van der Waals surface area contributed by atoms with Crippen molar-refractivity contribution in [2.24, 2.45) is 11.8 Å². The zero-order valence-corrected chi connectivity index (χ0v) is 12.7. The van der Waals surface area contributed by atoms with Crippen LogP contribution in [0.2, 0.25) is 0 Å². The molecule has 5 nitrogen and oxygen atoms in total. The molecule has 114 valence electrons. The topological polar surface area (TPSA) is 52.7 Å². The lowest BCUT2D eigenvalue weighted by atomic mass is 10.1. The maximum atomic E-state index is 11.9. The van der Waals surface area contributed by atoms with Gasteiger partial charge in [0.05, 0.1) is 6.54 Å². The molecule has 0 bridgehead atoms. The van der Waals surface area contributed by atoms with Gasteiger partial charge < -0.3 is 10.2 Å². The number of amides is 2. The SMILES string of the molecule is CC(C)CCNC(=O)CN1CCN(C(=O)C2CC2)CC1. The molecule has 2 aliphatic rings. The Balaban J connectivity index is 1.61. The molecule has 0 radical (unpaired) electrons. The molecule has 1 heterocycles. The first kappa shape index (κ1) is 15.3. The van der Waals surface area contributed by atoms with Gasteiger partial charge in [-0.2, -0.15) is 0 Å². The maximum absolute atomic E-state index is 11.9. The van der Waals surface area contributed by atoms with Crippen molar-refractivity contribution >= 4 is 11.8 Å². The highest BCUT2D eigenvalue weighted by Gasteiger charge is 2.34. The van der Waals surface area contributed by atoms with Crippen molar-refractivity contribution in [2.45, 2.75) is 33.1 Å². The monoisotopic (exact) mass is 281 g/mol. The van der Waals surface area contributed by atoms with Gasteiger partial charge in [-0.25, -0.2) is 0 Å². The van der Waals surface area contributed by atoms with Crippen LogP contribution in [0, 0.1) is 11.8 Å². The van der Waals surface area contributed by atoms with Gasteiger partial charge in [0.15, 0.2) is 0 Å². The molecule has 1 saturated carbocycles. The summed E-state index contributed by atoms with van der Waals surface area (Å²) in [5, 5.41) is 2.96. The molecule has 20 heavy (non-hydrogen) atoms. The zero-order valence-electron chi connectivity index (χ0n) is 12.7. The van der Waals surface area contributed by atoms with E-state index in [0.717, 1.165) is 52.0 Å². The quantitative estimate of drug-likeness (QED) is 0.780. The Morgan fingerprint density at radius 2 is 1.80 bits per heavy atom. The lowest BCUT2D eigenvalue weighted by molar-refractivity contribution is -0.134. The molecule has 0 unspecified atom stereocenters. The van der Waals surface area contributed by atoms with Crippen molar-refractivity contribution in [2.75, 3.05) is 39.3 Å². The van der Waals surface area contributed by atoms with E-state index in [0.29, 0.717) is 24.3 Å². The Hall–Kier alpha value is -1.10. The third-order valence-corrected chi connectivity index (χ3v) is 4.02. The average Bonchev–Trinajstić information content (AvgIpc) is 3.22. The average molecular weight is 281 g/mol. The van der Waals surface area contributed by atoms with E-state index in [1.54, 1.807) is 0 Å². The first-order valence-electron chi connectivity index (χ1n) is 7.84. The van der Waals surface area contributed by atoms with Crippen LogP contribution in [0.1, 0.15) is 33.1 Å². The van der Waals surface area contributed by atoms with E-state index in [1.165, 1.54) is 0 Å². The number of hydrogen-bond acceptors (Lipinski definition) is 3. The van der Waals surface area contributed by atoms with Crippen molar-refractivity contribution in [1.29, 1.82) is 0 Å². The van der Waals surface area contributed by atoms with E-state index in [2.05, 4.69) is 24.1 Å². The van der Waals surface area contributed by atoms with Crippen LogP contribution in [0.5, 0.6) is 0 Å². The van der Waals surface area contributed by atoms with Crippen molar-refractivity contribution in [3.63, 3.8) is 0 Å². The van der Waals surface area contributed by atoms with Crippen LogP contribution in [-0.2, 0) is 9.59 Å². The molecule has 0 aromatic heterocycles. The van der Waals surface area contributed by atoms with E-state index < -0.39 is 0 Å². The lowest BCUT2D eigenvalue weighted by Crippen LogP contribution is -2.51. The highest BCUT2D eigenvalue weighted by molar-refractivity contribution is 5.81. The molecule has 1 aliphatic carbocycles. The van der Waals surface area contributed by atoms with Gasteiger partial charge >= 0.3 is 0 Å². The summed E-state index contributed by atoms with van der Waals surface area (Å²) in [6.07, 6.45) is 3.16. The van der Waals surface area contributed by atoms with Crippen LogP contribution in [0.3, 0.4) is 0 Å². The smallest absolute Gasteiger partial charge is 0.234 e. The van der Waals surface area contributed by atoms with Crippen LogP contribution < -0.4 is 5.32 Å². The molecular weight excluding hydrogens is 254 g/mol. The summed E-state index contributed by atoms with van der Waals surface area (Å²) in [4.78, 5) is 27.8. The van der Waals surface area contributed by atoms with Crippen LogP contribution in [0.15, 0.2) is 0 Å². The second-order valence-corrected chi connectivity index (χ2v) is 6.41. The number of hydrogen-bond donors (Lipinski definition) is 1. The van der Waals surface area contributed by atoms with Gasteiger partial charge in [0, 0.05) is 38.6 Å². The first-order valence-corrected chi connectivity index (χ1v) is 7.84. The van der Waals surface area contributed by atoms with E-state index in [1.807, 2.05) is 4.90 Å². The predicted molar refractivity (Wildman–Crippen MR) is 78.2 cm³/mol. The van der Waals surface area contributed by atoms with Gasteiger partial charge in [-0.05, 0) is 25.2 Å². The van der Waals surface area contributed by atoms with E-state index in [4.69, 9.17) is 0 Å². The van der Waals surface area contributed by atoms with Gasteiger partial charge in [-0.1, -0.05) is 13.8 Å². The first-order chi connectivity index (χ1) is 9.56. The Labute approximate surface area is 121 Å². The van der Waals surface area contributed by atoms with Gasteiger partial charge in [-0.3, -0.25) is 14.5 Å². The normalized spacial score (nSPS) is 20.2. The van der Waals surface area contributed by atoms with Crippen LogP contribution >= 0.6 is 0 Å². The van der Waals surface area contributed by atoms with Crippen molar-refractivity contribution in [1.82, 2.24) is 15.1 Å². The fourth-order valence-corrected chi connectivity index (χ4v) is 2.47. The van der Waals surface area contributed by atoms with Crippen molar-refractivity contribution < 1.29 is 9.59 Å². The van der Waals surface area contributed by atoms with Crippen molar-refractivity contribution in [3.05, 3.63) is 0 Å². The molecule has 1 aliphatic heterocycles. The van der Waals surface area contributed by atoms with E-state index in [-0.39, 0.29) is 5.91 Å². The third-order valence-electron chi connectivity index (χ3n) is 4.02. The number of rotatable bonds is 6. The van der Waals surface area contributed by atoms with Crippen LogP contribution in [0.25, 0.3) is 0 Å². The molecule has 1 saturated heterocycles. The molecule has 2 fully saturated rings. The number of piperazine rings is 1. The molecule has 2 rings (SSSR count). The summed E-state index contributed by atoms with van der Waals surface area (Å²) < 4.78 is 0. The summed E-state index contributed by atoms with van der Waals surface area (Å²) in [6.45, 7) is 8.71. The molecule has 0 aromatic rings.